The van der Waals surface area contributed by atoms with Crippen LogP contribution in [0.25, 0.3) is 22.3 Å². The molecule has 0 saturated carbocycles. The number of pyridine rings is 2. The third-order valence-electron chi connectivity index (χ3n) is 6.10. The van der Waals surface area contributed by atoms with Gasteiger partial charge < -0.3 is 14.4 Å². The third kappa shape index (κ3) is 6.48. The zero-order valence-electron chi connectivity index (χ0n) is 20.4. The predicted octanol–water partition coefficient (Wildman–Crippen LogP) is 5.76. The van der Waals surface area contributed by atoms with Gasteiger partial charge in [0.15, 0.2) is 0 Å². The molecule has 6 nitrogen and oxygen atoms in total. The van der Waals surface area contributed by atoms with Gasteiger partial charge in [-0.1, -0.05) is 36.4 Å². The van der Waals surface area contributed by atoms with Gasteiger partial charge >= 0.3 is 5.97 Å². The molecule has 0 radical (unpaired) electrons. The number of rotatable bonds is 11. The fraction of sp³-hybridized carbons (Fsp3) is 0.233. The Bertz CT molecular complexity index is 1390. The summed E-state index contributed by atoms with van der Waals surface area (Å²) in [6, 6.07) is 21.6. The highest BCUT2D eigenvalue weighted by Gasteiger charge is 2.10. The number of carboxylic acids is 1. The smallest absolute Gasteiger partial charge is 0.303 e. The molecule has 2 aromatic carbocycles. The van der Waals surface area contributed by atoms with Gasteiger partial charge in [0.2, 0.25) is 0 Å². The molecular weight excluding hydrogens is 452 g/mol. The van der Waals surface area contributed by atoms with E-state index in [0.29, 0.717) is 19.6 Å². The van der Waals surface area contributed by atoms with E-state index in [1.54, 1.807) is 16.8 Å². The summed E-state index contributed by atoms with van der Waals surface area (Å²) < 4.78 is 7.45. The third-order valence-corrected chi connectivity index (χ3v) is 6.10. The molecule has 0 bridgehead atoms. The second-order valence-corrected chi connectivity index (χ2v) is 8.78. The van der Waals surface area contributed by atoms with Gasteiger partial charge in [0.1, 0.15) is 5.75 Å². The predicted molar refractivity (Wildman–Crippen MR) is 141 cm³/mol. The fourth-order valence-electron chi connectivity index (χ4n) is 4.27. The van der Waals surface area contributed by atoms with Crippen molar-refractivity contribution < 1.29 is 14.6 Å². The molecular formula is C30H30N2O4. The average Bonchev–Trinajstić information content (AvgIpc) is 2.88. The van der Waals surface area contributed by atoms with Gasteiger partial charge in [0, 0.05) is 37.6 Å². The van der Waals surface area contributed by atoms with Gasteiger partial charge in [-0.3, -0.25) is 14.6 Å². The van der Waals surface area contributed by atoms with Crippen LogP contribution in [-0.2, 0) is 17.8 Å². The minimum atomic E-state index is -0.817. The lowest BCUT2D eigenvalue weighted by atomic mass is 9.94. The summed E-state index contributed by atoms with van der Waals surface area (Å²) >= 11 is 0. The van der Waals surface area contributed by atoms with E-state index < -0.39 is 5.97 Å². The molecule has 0 aliphatic rings. The molecule has 2 heterocycles. The number of aromatic nitrogens is 2. The molecule has 0 saturated heterocycles. The van der Waals surface area contributed by atoms with Crippen molar-refractivity contribution in [1.82, 2.24) is 9.55 Å². The molecule has 0 aliphatic carbocycles. The van der Waals surface area contributed by atoms with Gasteiger partial charge in [-0.2, -0.15) is 0 Å². The number of carbonyl (C=O) groups is 1. The van der Waals surface area contributed by atoms with Crippen molar-refractivity contribution in [2.24, 2.45) is 0 Å². The largest absolute Gasteiger partial charge is 0.494 e. The summed E-state index contributed by atoms with van der Waals surface area (Å²) in [5.41, 5.74) is 6.52. The Kier molecular flexibility index (Phi) is 8.29. The highest BCUT2D eigenvalue weighted by atomic mass is 16.5. The van der Waals surface area contributed by atoms with E-state index in [2.05, 4.69) is 24.0 Å². The zero-order chi connectivity index (χ0) is 25.3. The van der Waals surface area contributed by atoms with Gasteiger partial charge in [-0.25, -0.2) is 0 Å². The molecule has 0 amide bonds. The molecule has 4 aromatic rings. The van der Waals surface area contributed by atoms with E-state index in [0.717, 1.165) is 52.0 Å². The molecule has 6 heteroatoms. The van der Waals surface area contributed by atoms with Crippen LogP contribution in [0.5, 0.6) is 5.75 Å². The number of aryl methyl sites for hydroxylation is 3. The topological polar surface area (TPSA) is 81.4 Å². The number of aliphatic carboxylic acids is 1. The number of benzene rings is 2. The Balaban J connectivity index is 1.44. The summed E-state index contributed by atoms with van der Waals surface area (Å²) in [5, 5.41) is 8.74. The molecule has 0 spiro atoms. The van der Waals surface area contributed by atoms with Crippen molar-refractivity contribution >= 4 is 5.97 Å². The fourth-order valence-corrected chi connectivity index (χ4v) is 4.27. The highest BCUT2D eigenvalue weighted by molar-refractivity contribution is 5.84. The van der Waals surface area contributed by atoms with E-state index in [-0.39, 0.29) is 12.0 Å². The Morgan fingerprint density at radius 3 is 2.61 bits per heavy atom. The average molecular weight is 483 g/mol. The first-order valence-electron chi connectivity index (χ1n) is 12.2. The molecule has 36 heavy (non-hydrogen) atoms. The Labute approximate surface area is 210 Å². The van der Waals surface area contributed by atoms with E-state index in [4.69, 9.17) is 9.84 Å². The molecule has 184 valence electrons. The van der Waals surface area contributed by atoms with E-state index in [9.17, 15) is 9.59 Å². The maximum atomic E-state index is 12.6. The van der Waals surface area contributed by atoms with Crippen molar-refractivity contribution in [3.8, 4) is 28.0 Å². The Morgan fingerprint density at radius 1 is 0.972 bits per heavy atom. The summed E-state index contributed by atoms with van der Waals surface area (Å²) in [4.78, 5) is 27.4. The zero-order valence-corrected chi connectivity index (χ0v) is 20.4. The van der Waals surface area contributed by atoms with Gasteiger partial charge in [-0.15, -0.1) is 0 Å². The standard InChI is InChI=1S/C30H30N2O4/c1-22-20-31-16-15-26(22)28-11-3-2-10-27(28)24-13-14-29(33)32(21-24)17-5-8-23-7-4-9-25(19-23)36-18-6-12-30(34)35/h2-4,7,9-11,13-16,19-21H,5-6,8,12,17-18H2,1H3,(H,34,35). The van der Waals surface area contributed by atoms with Gasteiger partial charge in [-0.05, 0) is 83.8 Å². The van der Waals surface area contributed by atoms with Crippen molar-refractivity contribution in [3.63, 3.8) is 0 Å². The minimum Gasteiger partial charge on any atom is -0.494 e. The highest BCUT2D eigenvalue weighted by Crippen LogP contribution is 2.33. The first-order chi connectivity index (χ1) is 17.5. The summed E-state index contributed by atoms with van der Waals surface area (Å²) in [7, 11) is 0. The second-order valence-electron chi connectivity index (χ2n) is 8.78. The van der Waals surface area contributed by atoms with Crippen LogP contribution >= 0.6 is 0 Å². The van der Waals surface area contributed by atoms with Crippen LogP contribution in [0.4, 0.5) is 0 Å². The number of ether oxygens (including phenoxy) is 1. The number of carboxylic acid groups (broad SMARTS) is 1. The Morgan fingerprint density at radius 2 is 1.81 bits per heavy atom. The number of hydrogen-bond donors (Lipinski definition) is 1. The van der Waals surface area contributed by atoms with Gasteiger partial charge in [0.25, 0.3) is 5.56 Å². The summed E-state index contributed by atoms with van der Waals surface area (Å²) in [5.74, 6) is -0.0808. The molecule has 0 aliphatic heterocycles. The normalized spacial score (nSPS) is 10.8. The molecule has 0 fully saturated rings. The number of hydrogen-bond acceptors (Lipinski definition) is 4. The van der Waals surface area contributed by atoms with Crippen LogP contribution in [0.1, 0.15) is 30.4 Å². The van der Waals surface area contributed by atoms with E-state index in [1.807, 2.05) is 60.9 Å². The van der Waals surface area contributed by atoms with E-state index >= 15 is 0 Å². The molecule has 0 unspecified atom stereocenters. The summed E-state index contributed by atoms with van der Waals surface area (Å²) in [6.07, 6.45) is 7.79. The van der Waals surface area contributed by atoms with Gasteiger partial charge in [0.05, 0.1) is 6.61 Å². The van der Waals surface area contributed by atoms with Crippen molar-refractivity contribution in [2.75, 3.05) is 6.61 Å². The van der Waals surface area contributed by atoms with Crippen LogP contribution in [-0.4, -0.2) is 27.2 Å². The molecule has 0 atom stereocenters. The first kappa shape index (κ1) is 24.9. The molecule has 4 rings (SSSR count). The van der Waals surface area contributed by atoms with Crippen molar-refractivity contribution in [3.05, 3.63) is 107 Å². The lowest BCUT2D eigenvalue weighted by Crippen LogP contribution is -2.19. The number of nitrogens with zero attached hydrogens (tertiary/aromatic N) is 2. The van der Waals surface area contributed by atoms with Crippen molar-refractivity contribution in [2.45, 2.75) is 39.2 Å². The van der Waals surface area contributed by atoms with E-state index in [1.165, 1.54) is 0 Å². The Hall–Kier alpha value is -4.19. The van der Waals surface area contributed by atoms with Crippen LogP contribution in [0.3, 0.4) is 0 Å². The van der Waals surface area contributed by atoms with Crippen LogP contribution in [0.15, 0.2) is 90.1 Å². The summed E-state index contributed by atoms with van der Waals surface area (Å²) in [6.45, 7) is 3.03. The SMILES string of the molecule is Cc1cnccc1-c1ccccc1-c1ccc(=O)n(CCCc2cccc(OCCCC(=O)O)c2)c1. The first-order valence-corrected chi connectivity index (χ1v) is 12.2. The maximum absolute atomic E-state index is 12.6. The minimum absolute atomic E-state index is 0.0214. The lowest BCUT2D eigenvalue weighted by Gasteiger charge is -2.14. The maximum Gasteiger partial charge on any atom is 0.303 e. The van der Waals surface area contributed by atoms with Crippen LogP contribution < -0.4 is 10.3 Å². The molecule has 2 aromatic heterocycles. The van der Waals surface area contributed by atoms with Crippen molar-refractivity contribution in [1.29, 1.82) is 0 Å². The monoisotopic (exact) mass is 482 g/mol. The lowest BCUT2D eigenvalue weighted by molar-refractivity contribution is -0.137. The second kappa shape index (κ2) is 12.0. The van der Waals surface area contributed by atoms with Crippen LogP contribution in [0.2, 0.25) is 0 Å². The van der Waals surface area contributed by atoms with Crippen LogP contribution in [0, 0.1) is 6.92 Å². The molecule has 1 N–H and O–H groups in total. The quantitative estimate of drug-likeness (QED) is 0.275.